The van der Waals surface area contributed by atoms with E-state index in [1.54, 1.807) is 17.0 Å². The lowest BCUT2D eigenvalue weighted by atomic mass is 10.0. The van der Waals surface area contributed by atoms with Gasteiger partial charge in [0.15, 0.2) is 0 Å². The van der Waals surface area contributed by atoms with Gasteiger partial charge in [0.1, 0.15) is 0 Å². The maximum Gasteiger partial charge on any atom is 0.321 e. The van der Waals surface area contributed by atoms with Crippen LogP contribution in [-0.2, 0) is 0 Å². The second-order valence-electron chi connectivity index (χ2n) is 5.24. The zero-order chi connectivity index (χ0) is 13.8. The minimum absolute atomic E-state index is 0.0492. The van der Waals surface area contributed by atoms with Gasteiger partial charge < -0.3 is 15.1 Å². The van der Waals surface area contributed by atoms with E-state index in [2.05, 4.69) is 12.4 Å². The number of quaternary nitrogens is 1. The maximum absolute atomic E-state index is 12.2. The first-order valence-corrected chi connectivity index (χ1v) is 7.05. The lowest BCUT2D eigenvalue weighted by molar-refractivity contribution is -0.885. The first-order valence-electron chi connectivity index (χ1n) is 6.67. The van der Waals surface area contributed by atoms with Gasteiger partial charge in [0, 0.05) is 36.6 Å². The van der Waals surface area contributed by atoms with Crippen LogP contribution in [0, 0.1) is 0 Å². The largest absolute Gasteiger partial charge is 0.337 e. The van der Waals surface area contributed by atoms with E-state index < -0.39 is 0 Å². The average Bonchev–Trinajstić information content (AvgIpc) is 2.41. The number of benzene rings is 1. The summed E-state index contributed by atoms with van der Waals surface area (Å²) in [5.74, 6) is 0. The molecule has 0 aliphatic carbocycles. The summed E-state index contributed by atoms with van der Waals surface area (Å²) in [4.78, 5) is 15.5. The van der Waals surface area contributed by atoms with Gasteiger partial charge in [-0.25, -0.2) is 4.79 Å². The number of carbonyl (C=O) groups excluding carboxylic acids is 1. The summed E-state index contributed by atoms with van der Waals surface area (Å²) in [6.45, 7) is 2.26. The monoisotopic (exact) mass is 282 g/mol. The summed E-state index contributed by atoms with van der Waals surface area (Å²) in [5.41, 5.74) is 0.778. The number of halogens is 1. The van der Waals surface area contributed by atoms with Crippen LogP contribution in [0.15, 0.2) is 24.3 Å². The van der Waals surface area contributed by atoms with Gasteiger partial charge in [0.25, 0.3) is 0 Å². The third-order valence-corrected chi connectivity index (χ3v) is 4.02. The quantitative estimate of drug-likeness (QED) is 0.847. The molecule has 0 bridgehead atoms. The zero-order valence-corrected chi connectivity index (χ0v) is 12.2. The molecular weight excluding hydrogens is 262 g/mol. The lowest BCUT2D eigenvalue weighted by Crippen LogP contribution is -3.10. The molecule has 1 aliphatic rings. The van der Waals surface area contributed by atoms with Crippen molar-refractivity contribution in [2.45, 2.75) is 18.9 Å². The number of nitrogens with zero attached hydrogens (tertiary/aromatic N) is 1. The Kier molecular flexibility index (Phi) is 4.66. The molecule has 4 nitrogen and oxygen atoms in total. The van der Waals surface area contributed by atoms with Crippen LogP contribution in [-0.4, -0.2) is 44.2 Å². The Hall–Kier alpha value is -1.26. The van der Waals surface area contributed by atoms with Crippen molar-refractivity contribution in [2.24, 2.45) is 0 Å². The number of rotatable bonds is 2. The predicted octanol–water partition coefficient (Wildman–Crippen LogP) is 1.48. The molecule has 1 fully saturated rings. The molecule has 1 aromatic rings. The van der Waals surface area contributed by atoms with Gasteiger partial charge in [-0.1, -0.05) is 11.6 Å². The van der Waals surface area contributed by atoms with Crippen LogP contribution in [0.2, 0.25) is 5.02 Å². The van der Waals surface area contributed by atoms with Crippen molar-refractivity contribution >= 4 is 23.3 Å². The van der Waals surface area contributed by atoms with Crippen molar-refractivity contribution in [1.29, 1.82) is 0 Å². The number of carbonyl (C=O) groups is 1. The number of nitrogens with one attached hydrogen (secondary N) is 2. The third kappa shape index (κ3) is 3.85. The highest BCUT2D eigenvalue weighted by atomic mass is 35.5. The second kappa shape index (κ2) is 6.26. The highest BCUT2D eigenvalue weighted by Gasteiger charge is 2.25. The fourth-order valence-corrected chi connectivity index (χ4v) is 2.52. The predicted molar refractivity (Wildman–Crippen MR) is 77.9 cm³/mol. The van der Waals surface area contributed by atoms with E-state index in [4.69, 9.17) is 11.6 Å². The van der Waals surface area contributed by atoms with Crippen LogP contribution in [0.25, 0.3) is 0 Å². The van der Waals surface area contributed by atoms with Crippen molar-refractivity contribution in [2.75, 3.05) is 32.5 Å². The molecule has 104 valence electrons. The highest BCUT2D eigenvalue weighted by Crippen LogP contribution is 2.15. The van der Waals surface area contributed by atoms with E-state index in [0.717, 1.165) is 31.6 Å². The van der Waals surface area contributed by atoms with Crippen molar-refractivity contribution < 1.29 is 9.69 Å². The van der Waals surface area contributed by atoms with E-state index in [1.807, 2.05) is 24.1 Å². The Morgan fingerprint density at radius 2 is 1.89 bits per heavy atom. The molecule has 2 N–H and O–H groups in total. The van der Waals surface area contributed by atoms with Crippen molar-refractivity contribution in [3.8, 4) is 0 Å². The van der Waals surface area contributed by atoms with E-state index in [-0.39, 0.29) is 6.03 Å². The van der Waals surface area contributed by atoms with Gasteiger partial charge in [0.2, 0.25) is 0 Å². The average molecular weight is 283 g/mol. The van der Waals surface area contributed by atoms with Crippen LogP contribution < -0.4 is 10.2 Å². The first kappa shape index (κ1) is 14.2. The minimum atomic E-state index is -0.0492. The summed E-state index contributed by atoms with van der Waals surface area (Å²) in [7, 11) is 4.07. The van der Waals surface area contributed by atoms with Gasteiger partial charge in [0.05, 0.1) is 20.1 Å². The molecule has 19 heavy (non-hydrogen) atoms. The SMILES string of the molecule is CN(C(=O)Nc1ccc(Cl)cc1)C1CC[NH+](C)CC1. The van der Waals surface area contributed by atoms with E-state index in [9.17, 15) is 4.79 Å². The molecule has 2 rings (SSSR count). The highest BCUT2D eigenvalue weighted by molar-refractivity contribution is 6.30. The minimum Gasteiger partial charge on any atom is -0.337 e. The topological polar surface area (TPSA) is 36.8 Å². The van der Waals surface area contributed by atoms with Crippen molar-refractivity contribution in [1.82, 2.24) is 4.90 Å². The molecule has 0 saturated carbocycles. The van der Waals surface area contributed by atoms with Crippen LogP contribution in [0.1, 0.15) is 12.8 Å². The van der Waals surface area contributed by atoms with Crippen molar-refractivity contribution in [3.05, 3.63) is 29.3 Å². The molecule has 1 aromatic carbocycles. The van der Waals surface area contributed by atoms with Crippen LogP contribution in [0.3, 0.4) is 0 Å². The second-order valence-corrected chi connectivity index (χ2v) is 5.67. The molecule has 0 aromatic heterocycles. The Bertz CT molecular complexity index is 427. The summed E-state index contributed by atoms with van der Waals surface area (Å²) < 4.78 is 0. The molecule has 0 radical (unpaired) electrons. The number of piperidine rings is 1. The molecule has 1 heterocycles. The van der Waals surface area contributed by atoms with E-state index >= 15 is 0 Å². The molecule has 5 heteroatoms. The lowest BCUT2D eigenvalue weighted by Gasteiger charge is -2.33. The maximum atomic E-state index is 12.2. The molecular formula is C14H21ClN3O+. The fourth-order valence-electron chi connectivity index (χ4n) is 2.39. The Balaban J connectivity index is 1.90. The van der Waals surface area contributed by atoms with Crippen LogP contribution in [0.5, 0.6) is 0 Å². The third-order valence-electron chi connectivity index (χ3n) is 3.77. The molecule has 0 unspecified atom stereocenters. The smallest absolute Gasteiger partial charge is 0.321 e. The number of urea groups is 1. The molecule has 0 spiro atoms. The number of hydrogen-bond donors (Lipinski definition) is 2. The molecule has 1 saturated heterocycles. The molecule has 0 atom stereocenters. The number of hydrogen-bond acceptors (Lipinski definition) is 1. The van der Waals surface area contributed by atoms with Crippen LogP contribution >= 0.6 is 11.6 Å². The van der Waals surface area contributed by atoms with Gasteiger partial charge >= 0.3 is 6.03 Å². The van der Waals surface area contributed by atoms with Gasteiger partial charge in [-0.15, -0.1) is 0 Å². The van der Waals surface area contributed by atoms with Gasteiger partial charge in [-0.05, 0) is 24.3 Å². The Morgan fingerprint density at radius 1 is 1.32 bits per heavy atom. The molecule has 1 aliphatic heterocycles. The summed E-state index contributed by atoms with van der Waals surface area (Å²) >= 11 is 5.82. The summed E-state index contributed by atoms with van der Waals surface area (Å²) in [6.07, 6.45) is 2.13. The first-order chi connectivity index (χ1) is 9.06. The number of anilines is 1. The van der Waals surface area contributed by atoms with Crippen molar-refractivity contribution in [3.63, 3.8) is 0 Å². The zero-order valence-electron chi connectivity index (χ0n) is 11.4. The van der Waals surface area contributed by atoms with E-state index in [0.29, 0.717) is 11.1 Å². The summed E-state index contributed by atoms with van der Waals surface area (Å²) in [6, 6.07) is 7.47. The summed E-state index contributed by atoms with van der Waals surface area (Å²) in [5, 5.41) is 3.57. The van der Waals surface area contributed by atoms with E-state index in [1.165, 1.54) is 0 Å². The van der Waals surface area contributed by atoms with Crippen LogP contribution in [0.4, 0.5) is 10.5 Å². The van der Waals surface area contributed by atoms with Gasteiger partial charge in [-0.2, -0.15) is 0 Å². The number of amides is 2. The Morgan fingerprint density at radius 3 is 2.47 bits per heavy atom. The number of likely N-dealkylation sites (tertiary alicyclic amines) is 1. The fraction of sp³-hybridized carbons (Fsp3) is 0.500. The normalized spacial score (nSPS) is 22.9. The Labute approximate surface area is 119 Å². The van der Waals surface area contributed by atoms with Gasteiger partial charge in [-0.3, -0.25) is 0 Å². The molecule has 2 amide bonds. The standard InChI is InChI=1S/C14H20ClN3O/c1-17-9-7-13(8-10-17)18(2)14(19)16-12-5-3-11(15)4-6-12/h3-6,13H,7-10H2,1-2H3,(H,16,19)/p+1.